The number of alkyl halides is 2. The van der Waals surface area contributed by atoms with Crippen LogP contribution in [0.2, 0.25) is 0 Å². The summed E-state index contributed by atoms with van der Waals surface area (Å²) >= 11 is 0. The second-order valence-corrected chi connectivity index (χ2v) is 6.59. The smallest absolute Gasteiger partial charge is 0.307 e. The Morgan fingerprint density at radius 1 is 1.24 bits per heavy atom. The lowest BCUT2D eigenvalue weighted by molar-refractivity contribution is 0.00559. The maximum Gasteiger partial charge on any atom is 0.307 e. The van der Waals surface area contributed by atoms with Gasteiger partial charge in [-0.3, -0.25) is 5.32 Å². The van der Waals surface area contributed by atoms with Gasteiger partial charge < -0.3 is 8.94 Å². The minimum Gasteiger partial charge on any atom is -0.459 e. The van der Waals surface area contributed by atoms with Crippen molar-refractivity contribution in [1.29, 1.82) is 0 Å². The van der Waals surface area contributed by atoms with Gasteiger partial charge in [0, 0.05) is 12.3 Å². The number of furan rings is 1. The van der Waals surface area contributed by atoms with Gasteiger partial charge in [-0.25, -0.2) is 0 Å². The van der Waals surface area contributed by atoms with Gasteiger partial charge in [0.25, 0.3) is 0 Å². The van der Waals surface area contributed by atoms with Crippen molar-refractivity contribution in [3.63, 3.8) is 0 Å². The third-order valence-corrected chi connectivity index (χ3v) is 4.16. The number of aromatic nitrogens is 2. The Balaban J connectivity index is 1.82. The minimum absolute atomic E-state index is 0.107. The molecule has 2 heterocycles. The van der Waals surface area contributed by atoms with Crippen LogP contribution < -0.4 is 5.32 Å². The first-order valence-electron chi connectivity index (χ1n) is 8.19. The molecule has 5 nitrogen and oxygen atoms in total. The third-order valence-electron chi connectivity index (χ3n) is 4.16. The molecule has 3 rings (SSSR count). The maximum absolute atomic E-state index is 13.2. The minimum atomic E-state index is -3.12. The lowest BCUT2D eigenvalue weighted by Crippen LogP contribution is -2.25. The lowest BCUT2D eigenvalue weighted by atomic mass is 9.98. The molecule has 0 saturated carbocycles. The SMILES string of the molecule is Cc1c(C(NCc2nc(C(C)(F)F)no2)C(C)C)oc2ccccc12. The van der Waals surface area contributed by atoms with Crippen LogP contribution in [0.3, 0.4) is 0 Å². The first kappa shape index (κ1) is 17.5. The zero-order valence-electron chi connectivity index (χ0n) is 14.6. The van der Waals surface area contributed by atoms with E-state index in [1.54, 1.807) is 0 Å². The van der Waals surface area contributed by atoms with E-state index in [4.69, 9.17) is 8.94 Å². The summed E-state index contributed by atoms with van der Waals surface area (Å²) < 4.78 is 37.4. The number of hydrogen-bond donors (Lipinski definition) is 1. The van der Waals surface area contributed by atoms with Gasteiger partial charge >= 0.3 is 5.92 Å². The molecule has 1 aromatic carbocycles. The monoisotopic (exact) mass is 349 g/mol. The number of rotatable bonds is 6. The van der Waals surface area contributed by atoms with Crippen molar-refractivity contribution in [2.45, 2.75) is 46.2 Å². The Morgan fingerprint density at radius 3 is 2.56 bits per heavy atom. The molecular formula is C18H21F2N3O2. The van der Waals surface area contributed by atoms with Gasteiger partial charge in [-0.05, 0) is 24.5 Å². The number of fused-ring (bicyclic) bond motifs is 1. The Morgan fingerprint density at radius 2 is 1.96 bits per heavy atom. The van der Waals surface area contributed by atoms with Crippen molar-refractivity contribution in [2.24, 2.45) is 5.92 Å². The summed E-state index contributed by atoms with van der Waals surface area (Å²) in [5, 5.41) is 7.68. The van der Waals surface area contributed by atoms with Crippen LogP contribution in [0.4, 0.5) is 8.78 Å². The van der Waals surface area contributed by atoms with E-state index in [0.717, 1.165) is 29.2 Å². The van der Waals surface area contributed by atoms with E-state index in [0.29, 0.717) is 0 Å². The Kier molecular flexibility index (Phi) is 4.60. The van der Waals surface area contributed by atoms with E-state index in [1.807, 2.05) is 31.2 Å². The van der Waals surface area contributed by atoms with Crippen LogP contribution in [0.5, 0.6) is 0 Å². The predicted molar refractivity (Wildman–Crippen MR) is 89.2 cm³/mol. The molecule has 1 atom stereocenters. The molecule has 1 unspecified atom stereocenters. The fourth-order valence-electron chi connectivity index (χ4n) is 2.82. The molecule has 0 aliphatic heterocycles. The number of halogens is 2. The van der Waals surface area contributed by atoms with Crippen molar-refractivity contribution in [3.8, 4) is 0 Å². The molecule has 7 heteroatoms. The molecule has 2 aromatic heterocycles. The molecule has 0 bridgehead atoms. The second-order valence-electron chi connectivity index (χ2n) is 6.59. The Labute approximate surface area is 144 Å². The lowest BCUT2D eigenvalue weighted by Gasteiger charge is -2.20. The van der Waals surface area contributed by atoms with Crippen LogP contribution in [0, 0.1) is 12.8 Å². The molecule has 1 N–H and O–H groups in total. The van der Waals surface area contributed by atoms with Gasteiger partial charge in [-0.2, -0.15) is 13.8 Å². The van der Waals surface area contributed by atoms with Crippen molar-refractivity contribution < 1.29 is 17.7 Å². The highest BCUT2D eigenvalue weighted by atomic mass is 19.3. The predicted octanol–water partition coefficient (Wildman–Crippen LogP) is 4.72. The highest BCUT2D eigenvalue weighted by Crippen LogP contribution is 2.33. The van der Waals surface area contributed by atoms with E-state index >= 15 is 0 Å². The van der Waals surface area contributed by atoms with Crippen LogP contribution in [0.25, 0.3) is 11.0 Å². The molecule has 0 aliphatic carbocycles. The number of nitrogens with zero attached hydrogens (tertiary/aromatic N) is 2. The summed E-state index contributed by atoms with van der Waals surface area (Å²) in [4.78, 5) is 3.75. The van der Waals surface area contributed by atoms with E-state index in [9.17, 15) is 8.78 Å². The first-order chi connectivity index (χ1) is 11.8. The van der Waals surface area contributed by atoms with Crippen LogP contribution >= 0.6 is 0 Å². The van der Waals surface area contributed by atoms with Crippen molar-refractivity contribution >= 4 is 11.0 Å². The Hall–Kier alpha value is -2.28. The van der Waals surface area contributed by atoms with E-state index in [-0.39, 0.29) is 24.4 Å². The molecule has 3 aromatic rings. The number of nitrogens with one attached hydrogen (secondary N) is 1. The largest absolute Gasteiger partial charge is 0.459 e. The first-order valence-corrected chi connectivity index (χ1v) is 8.19. The summed E-state index contributed by atoms with van der Waals surface area (Å²) in [5.41, 5.74) is 1.89. The van der Waals surface area contributed by atoms with Crippen LogP contribution in [-0.2, 0) is 12.5 Å². The normalized spacial score (nSPS) is 13.7. The van der Waals surface area contributed by atoms with Gasteiger partial charge in [0.05, 0.1) is 12.6 Å². The molecule has 0 saturated heterocycles. The summed E-state index contributed by atoms with van der Waals surface area (Å²) in [6.07, 6.45) is 0. The molecule has 0 amide bonds. The Bertz CT molecular complexity index is 865. The molecule has 0 radical (unpaired) electrons. The van der Waals surface area contributed by atoms with Gasteiger partial charge in [0.2, 0.25) is 11.7 Å². The van der Waals surface area contributed by atoms with Crippen molar-refractivity contribution in [2.75, 3.05) is 0 Å². The third kappa shape index (κ3) is 3.56. The summed E-state index contributed by atoms with van der Waals surface area (Å²) in [6, 6.07) is 7.74. The highest BCUT2D eigenvalue weighted by Gasteiger charge is 2.31. The van der Waals surface area contributed by atoms with Gasteiger partial charge in [0.1, 0.15) is 11.3 Å². The highest BCUT2D eigenvalue weighted by molar-refractivity contribution is 5.82. The van der Waals surface area contributed by atoms with Crippen LogP contribution in [0.15, 0.2) is 33.2 Å². The van der Waals surface area contributed by atoms with Crippen LogP contribution in [0.1, 0.15) is 49.9 Å². The number of aryl methyl sites for hydroxylation is 1. The zero-order valence-corrected chi connectivity index (χ0v) is 14.6. The van der Waals surface area contributed by atoms with Gasteiger partial charge in [-0.1, -0.05) is 37.2 Å². The molecule has 0 aliphatic rings. The van der Waals surface area contributed by atoms with E-state index in [2.05, 4.69) is 29.3 Å². The van der Waals surface area contributed by atoms with E-state index in [1.165, 1.54) is 0 Å². The molecular weight excluding hydrogens is 328 g/mol. The summed E-state index contributed by atoms with van der Waals surface area (Å²) in [5.74, 6) is -2.55. The zero-order chi connectivity index (χ0) is 18.2. The summed E-state index contributed by atoms with van der Waals surface area (Å²) in [7, 11) is 0. The van der Waals surface area contributed by atoms with Gasteiger partial charge in [0.15, 0.2) is 0 Å². The maximum atomic E-state index is 13.2. The fraction of sp³-hybridized carbons (Fsp3) is 0.444. The molecule has 25 heavy (non-hydrogen) atoms. The summed E-state index contributed by atoms with van der Waals surface area (Å²) in [6.45, 7) is 7.06. The molecule has 0 fully saturated rings. The van der Waals surface area contributed by atoms with E-state index < -0.39 is 11.7 Å². The number of hydrogen-bond acceptors (Lipinski definition) is 5. The fourth-order valence-corrected chi connectivity index (χ4v) is 2.82. The average Bonchev–Trinajstić information content (AvgIpc) is 3.13. The second kappa shape index (κ2) is 6.55. The van der Waals surface area contributed by atoms with Crippen molar-refractivity contribution in [1.82, 2.24) is 15.5 Å². The van der Waals surface area contributed by atoms with Crippen molar-refractivity contribution in [3.05, 3.63) is 47.3 Å². The van der Waals surface area contributed by atoms with Gasteiger partial charge in [-0.15, -0.1) is 0 Å². The quantitative estimate of drug-likeness (QED) is 0.697. The number of benzene rings is 1. The number of para-hydroxylation sites is 1. The standard InChI is InChI=1S/C18H21F2N3O2/c1-10(2)15(16-11(3)12-7-5-6-8-13(12)24-16)21-9-14-22-17(23-25-14)18(4,19)20/h5-8,10,15,21H,9H2,1-4H3. The topological polar surface area (TPSA) is 64.1 Å². The molecule has 0 spiro atoms. The average molecular weight is 349 g/mol. The molecule has 134 valence electrons. The van der Waals surface area contributed by atoms with Crippen LogP contribution in [-0.4, -0.2) is 10.1 Å².